The summed E-state index contributed by atoms with van der Waals surface area (Å²) in [5, 5.41) is 34.6. The topological polar surface area (TPSA) is 115 Å². The molecule has 0 bridgehead atoms. The number of carboxylic acid groups (broad SMARTS) is 2. The van der Waals surface area contributed by atoms with Crippen molar-refractivity contribution >= 4 is 11.9 Å². The van der Waals surface area contributed by atoms with E-state index in [1.54, 1.807) is 0 Å². The Labute approximate surface area is 193 Å². The number of hydrogen-bond donors (Lipinski definition) is 4. The van der Waals surface area contributed by atoms with Gasteiger partial charge in [0.15, 0.2) is 0 Å². The molecule has 0 saturated heterocycles. The highest BCUT2D eigenvalue weighted by atomic mass is 16.4. The van der Waals surface area contributed by atoms with Crippen LogP contribution in [0.15, 0.2) is 12.1 Å². The summed E-state index contributed by atoms with van der Waals surface area (Å²) in [6, 6.07) is 3.36. The zero-order chi connectivity index (χ0) is 24.5. The Morgan fingerprint density at radius 3 is 1.66 bits per heavy atom. The van der Waals surface area contributed by atoms with Crippen molar-refractivity contribution in [3.63, 3.8) is 0 Å². The molecular formula is C26H44O6. The molecule has 1 aromatic carbocycles. The number of benzene rings is 1. The minimum Gasteiger partial charge on any atom is -0.478 e. The van der Waals surface area contributed by atoms with Gasteiger partial charge in [-0.05, 0) is 41.9 Å². The SMILES string of the molecule is CCCCC(CC)Cc1ccc(C(=O)O)c(C(=O)O)c1CC(CC)CCCC.OCCO. The molecule has 0 aliphatic carbocycles. The second kappa shape index (κ2) is 17.6. The van der Waals surface area contributed by atoms with Gasteiger partial charge in [-0.15, -0.1) is 0 Å². The smallest absolute Gasteiger partial charge is 0.336 e. The molecule has 4 N–H and O–H groups in total. The van der Waals surface area contributed by atoms with Crippen LogP contribution in [-0.2, 0) is 12.8 Å². The molecule has 32 heavy (non-hydrogen) atoms. The molecule has 0 spiro atoms. The van der Waals surface area contributed by atoms with E-state index in [1.165, 1.54) is 12.5 Å². The van der Waals surface area contributed by atoms with Crippen molar-refractivity contribution in [1.82, 2.24) is 0 Å². The number of rotatable bonds is 15. The number of carboxylic acids is 2. The first-order valence-electron chi connectivity index (χ1n) is 12.1. The van der Waals surface area contributed by atoms with Gasteiger partial charge in [-0.25, -0.2) is 9.59 Å². The summed E-state index contributed by atoms with van der Waals surface area (Å²) < 4.78 is 0. The number of unbranched alkanes of at least 4 members (excludes halogenated alkanes) is 2. The van der Waals surface area contributed by atoms with Crippen molar-refractivity contribution in [2.45, 2.75) is 91.9 Å². The second-order valence-electron chi connectivity index (χ2n) is 8.42. The van der Waals surface area contributed by atoms with Crippen LogP contribution in [0.1, 0.15) is 111 Å². The first-order valence-corrected chi connectivity index (χ1v) is 12.1. The monoisotopic (exact) mass is 452 g/mol. The minimum absolute atomic E-state index is 0.00490. The normalized spacial score (nSPS) is 12.6. The quantitative estimate of drug-likeness (QED) is 0.276. The van der Waals surface area contributed by atoms with E-state index in [0.717, 1.165) is 62.5 Å². The zero-order valence-corrected chi connectivity index (χ0v) is 20.4. The summed E-state index contributed by atoms with van der Waals surface area (Å²) in [6.07, 6.45) is 10.2. The lowest BCUT2D eigenvalue weighted by molar-refractivity contribution is 0.0650. The van der Waals surface area contributed by atoms with Crippen LogP contribution in [0.4, 0.5) is 0 Å². The molecule has 0 fully saturated rings. The molecule has 0 aromatic heterocycles. The first kappa shape index (κ1) is 30.1. The van der Waals surface area contributed by atoms with Crippen LogP contribution < -0.4 is 0 Å². The van der Waals surface area contributed by atoms with Crippen LogP contribution in [0.2, 0.25) is 0 Å². The summed E-state index contributed by atoms with van der Waals surface area (Å²) >= 11 is 0. The average molecular weight is 453 g/mol. The Kier molecular flexibility index (Phi) is 16.6. The fraction of sp³-hybridized carbons (Fsp3) is 0.692. The molecule has 0 saturated carbocycles. The van der Waals surface area contributed by atoms with E-state index >= 15 is 0 Å². The van der Waals surface area contributed by atoms with Gasteiger partial charge in [-0.1, -0.05) is 85.1 Å². The molecule has 0 aliphatic rings. The third-order valence-corrected chi connectivity index (χ3v) is 6.04. The van der Waals surface area contributed by atoms with E-state index in [9.17, 15) is 19.8 Å². The summed E-state index contributed by atoms with van der Waals surface area (Å²) in [4.78, 5) is 23.7. The van der Waals surface area contributed by atoms with Gasteiger partial charge < -0.3 is 20.4 Å². The number of aromatic carboxylic acids is 2. The van der Waals surface area contributed by atoms with Crippen LogP contribution >= 0.6 is 0 Å². The lowest BCUT2D eigenvalue weighted by atomic mass is 9.82. The molecule has 1 rings (SSSR count). The zero-order valence-electron chi connectivity index (χ0n) is 20.4. The molecular weight excluding hydrogens is 408 g/mol. The van der Waals surface area contributed by atoms with Crippen LogP contribution in [-0.4, -0.2) is 45.6 Å². The Hall–Kier alpha value is -1.92. The highest BCUT2D eigenvalue weighted by molar-refractivity contribution is 6.03. The molecule has 0 radical (unpaired) electrons. The summed E-state index contributed by atoms with van der Waals surface area (Å²) in [5.74, 6) is -1.39. The number of aliphatic hydroxyl groups is 2. The largest absolute Gasteiger partial charge is 0.478 e. The van der Waals surface area contributed by atoms with Crippen molar-refractivity contribution in [2.24, 2.45) is 11.8 Å². The van der Waals surface area contributed by atoms with Gasteiger partial charge in [0.25, 0.3) is 0 Å². The van der Waals surface area contributed by atoms with Gasteiger partial charge in [0.1, 0.15) is 0 Å². The first-order chi connectivity index (χ1) is 15.3. The molecule has 0 heterocycles. The second-order valence-corrected chi connectivity index (χ2v) is 8.42. The van der Waals surface area contributed by atoms with E-state index in [4.69, 9.17) is 10.2 Å². The van der Waals surface area contributed by atoms with E-state index < -0.39 is 11.9 Å². The molecule has 6 nitrogen and oxygen atoms in total. The molecule has 0 amide bonds. The van der Waals surface area contributed by atoms with Gasteiger partial charge in [-0.2, -0.15) is 0 Å². The van der Waals surface area contributed by atoms with E-state index in [-0.39, 0.29) is 24.3 Å². The number of hydrogen-bond acceptors (Lipinski definition) is 4. The minimum atomic E-state index is -1.16. The molecule has 184 valence electrons. The maximum atomic E-state index is 12.0. The van der Waals surface area contributed by atoms with Crippen molar-refractivity contribution < 1.29 is 30.0 Å². The van der Waals surface area contributed by atoms with Crippen molar-refractivity contribution in [3.8, 4) is 0 Å². The molecule has 6 heteroatoms. The van der Waals surface area contributed by atoms with Crippen LogP contribution in [0.25, 0.3) is 0 Å². The van der Waals surface area contributed by atoms with Gasteiger partial charge >= 0.3 is 11.9 Å². The highest BCUT2D eigenvalue weighted by Gasteiger charge is 2.25. The predicted molar refractivity (Wildman–Crippen MR) is 129 cm³/mol. The predicted octanol–water partition coefficient (Wildman–Crippen LogP) is 5.57. The fourth-order valence-electron chi connectivity index (χ4n) is 4.02. The van der Waals surface area contributed by atoms with Crippen molar-refractivity contribution in [3.05, 3.63) is 34.4 Å². The third kappa shape index (κ3) is 10.6. The standard InChI is InChI=1S/C24H38O4.C2H6O2/c1-5-9-11-17(7-3)15-19-13-14-20(23(25)26)22(24(27)28)21(19)16-18(8-4)12-10-6-2;3-1-2-4/h13-14,17-18H,5-12,15-16H2,1-4H3,(H,25,26)(H,27,28);3-4H,1-2H2. The maximum absolute atomic E-state index is 12.0. The third-order valence-electron chi connectivity index (χ3n) is 6.04. The van der Waals surface area contributed by atoms with Gasteiger partial charge in [-0.3, -0.25) is 0 Å². The average Bonchev–Trinajstić information content (AvgIpc) is 2.79. The van der Waals surface area contributed by atoms with Gasteiger partial charge in [0, 0.05) is 0 Å². The summed E-state index contributed by atoms with van der Waals surface area (Å²) in [5.41, 5.74) is 1.70. The van der Waals surface area contributed by atoms with E-state index in [1.807, 2.05) is 6.07 Å². The summed E-state index contributed by atoms with van der Waals surface area (Å²) in [7, 11) is 0. The van der Waals surface area contributed by atoms with Crippen LogP contribution in [0.3, 0.4) is 0 Å². The highest BCUT2D eigenvalue weighted by Crippen LogP contribution is 2.30. The Morgan fingerprint density at radius 2 is 1.28 bits per heavy atom. The van der Waals surface area contributed by atoms with Gasteiger partial charge in [0.05, 0.1) is 24.3 Å². The Balaban J connectivity index is 0.00000220. The Morgan fingerprint density at radius 1 is 0.781 bits per heavy atom. The Bertz CT molecular complexity index is 669. The molecule has 2 unspecified atom stereocenters. The molecule has 1 aromatic rings. The number of aliphatic hydroxyl groups excluding tert-OH is 2. The van der Waals surface area contributed by atoms with Crippen molar-refractivity contribution in [2.75, 3.05) is 13.2 Å². The van der Waals surface area contributed by atoms with E-state index in [0.29, 0.717) is 18.3 Å². The molecule has 0 aliphatic heterocycles. The summed E-state index contributed by atoms with van der Waals surface area (Å²) in [6.45, 7) is 8.41. The number of carbonyl (C=O) groups is 2. The lowest BCUT2D eigenvalue weighted by Gasteiger charge is -2.23. The maximum Gasteiger partial charge on any atom is 0.336 e. The van der Waals surface area contributed by atoms with E-state index in [2.05, 4.69) is 27.7 Å². The van der Waals surface area contributed by atoms with Gasteiger partial charge in [0.2, 0.25) is 0 Å². The van der Waals surface area contributed by atoms with Crippen molar-refractivity contribution in [1.29, 1.82) is 0 Å². The fourth-order valence-corrected chi connectivity index (χ4v) is 4.02. The van der Waals surface area contributed by atoms with Crippen LogP contribution in [0.5, 0.6) is 0 Å². The lowest BCUT2D eigenvalue weighted by Crippen LogP contribution is -2.18. The van der Waals surface area contributed by atoms with Crippen LogP contribution in [0, 0.1) is 11.8 Å². The molecule has 2 atom stereocenters.